The maximum absolute atomic E-state index is 10.1. The van der Waals surface area contributed by atoms with Crippen LogP contribution in [-0.2, 0) is 4.79 Å². The first-order chi connectivity index (χ1) is 4.31. The van der Waals surface area contributed by atoms with Crippen LogP contribution in [0, 0.1) is 5.92 Å². The molecule has 0 amide bonds. The average molecular weight is 149 g/mol. The van der Waals surface area contributed by atoms with Gasteiger partial charge in [0.25, 0.3) is 0 Å². The number of carbonyl (C=O) groups excluding carboxylic acids is 1. The lowest BCUT2D eigenvalue weighted by atomic mass is 10.1. The Morgan fingerprint density at radius 1 is 1.56 bits per heavy atom. The van der Waals surface area contributed by atoms with E-state index in [1.807, 2.05) is 6.92 Å². The molecule has 0 heterocycles. The van der Waals surface area contributed by atoms with Gasteiger partial charge in [0.05, 0.1) is 0 Å². The van der Waals surface area contributed by atoms with Crippen molar-refractivity contribution in [2.24, 2.45) is 5.92 Å². The molecule has 0 bridgehead atoms. The molecule has 0 aromatic rings. The second kappa shape index (κ2) is 6.09. The highest BCUT2D eigenvalue weighted by atomic mass is 35.5. The largest absolute Gasteiger partial charge is 0.303 e. The Labute approximate surface area is 61.4 Å². The zero-order chi connectivity index (χ0) is 7.11. The third-order valence-electron chi connectivity index (χ3n) is 1.28. The van der Waals surface area contributed by atoms with Gasteiger partial charge in [-0.3, -0.25) is 0 Å². The summed E-state index contributed by atoms with van der Waals surface area (Å²) in [6, 6.07) is 0. The minimum Gasteiger partial charge on any atom is -0.303 e. The molecular weight excluding hydrogens is 136 g/mol. The molecule has 0 aliphatic rings. The van der Waals surface area contributed by atoms with E-state index in [0.29, 0.717) is 5.88 Å². The molecule has 1 unspecified atom stereocenters. The summed E-state index contributed by atoms with van der Waals surface area (Å²) in [5.74, 6) is 0.930. The van der Waals surface area contributed by atoms with Crippen molar-refractivity contribution in [3.63, 3.8) is 0 Å². The third kappa shape index (κ3) is 5.84. The van der Waals surface area contributed by atoms with E-state index in [-0.39, 0.29) is 5.92 Å². The van der Waals surface area contributed by atoms with Crippen LogP contribution in [0.15, 0.2) is 0 Å². The highest BCUT2D eigenvalue weighted by molar-refractivity contribution is 6.17. The number of alkyl halides is 1. The highest BCUT2D eigenvalue weighted by Crippen LogP contribution is 2.04. The molecule has 0 aliphatic heterocycles. The first kappa shape index (κ1) is 8.96. The number of aldehydes is 1. The fourth-order valence-corrected chi connectivity index (χ4v) is 0.818. The Hall–Kier alpha value is -0.0400. The van der Waals surface area contributed by atoms with Crippen molar-refractivity contribution in [2.45, 2.75) is 26.2 Å². The van der Waals surface area contributed by atoms with Crippen LogP contribution in [0.1, 0.15) is 26.2 Å². The molecule has 0 aliphatic carbocycles. The molecule has 54 valence electrons. The van der Waals surface area contributed by atoms with Crippen LogP contribution in [0.2, 0.25) is 0 Å². The van der Waals surface area contributed by atoms with Crippen molar-refractivity contribution in [3.8, 4) is 0 Å². The van der Waals surface area contributed by atoms with Crippen LogP contribution in [0.25, 0.3) is 0 Å². The molecule has 9 heavy (non-hydrogen) atoms. The molecule has 0 N–H and O–H groups in total. The van der Waals surface area contributed by atoms with E-state index in [4.69, 9.17) is 11.6 Å². The molecule has 0 saturated carbocycles. The zero-order valence-electron chi connectivity index (χ0n) is 5.77. The quantitative estimate of drug-likeness (QED) is 0.332. The average Bonchev–Trinajstić information content (AvgIpc) is 1.89. The van der Waals surface area contributed by atoms with Gasteiger partial charge in [0.15, 0.2) is 0 Å². The van der Waals surface area contributed by atoms with Crippen LogP contribution in [0.4, 0.5) is 0 Å². The van der Waals surface area contributed by atoms with Crippen molar-refractivity contribution in [1.82, 2.24) is 0 Å². The van der Waals surface area contributed by atoms with Gasteiger partial charge in [0.1, 0.15) is 6.29 Å². The van der Waals surface area contributed by atoms with Crippen molar-refractivity contribution in [1.29, 1.82) is 0 Å². The molecule has 0 rings (SSSR count). The van der Waals surface area contributed by atoms with E-state index in [1.165, 1.54) is 0 Å². The maximum Gasteiger partial charge on any atom is 0.122 e. The summed E-state index contributed by atoms with van der Waals surface area (Å²) in [4.78, 5) is 10.1. The SMILES string of the molecule is CC(C=O)CCCCCl. The number of hydrogen-bond donors (Lipinski definition) is 0. The van der Waals surface area contributed by atoms with E-state index in [2.05, 4.69) is 0 Å². The van der Waals surface area contributed by atoms with Crippen molar-refractivity contribution in [2.75, 3.05) is 5.88 Å². The van der Waals surface area contributed by atoms with Crippen molar-refractivity contribution < 1.29 is 4.79 Å². The molecule has 0 radical (unpaired) electrons. The monoisotopic (exact) mass is 148 g/mol. The van der Waals surface area contributed by atoms with Gasteiger partial charge >= 0.3 is 0 Å². The van der Waals surface area contributed by atoms with E-state index in [0.717, 1.165) is 25.5 Å². The molecule has 1 atom stereocenters. The van der Waals surface area contributed by atoms with E-state index >= 15 is 0 Å². The number of halogens is 1. The summed E-state index contributed by atoms with van der Waals surface area (Å²) >= 11 is 5.44. The van der Waals surface area contributed by atoms with Crippen LogP contribution in [0.3, 0.4) is 0 Å². The number of rotatable bonds is 5. The van der Waals surface area contributed by atoms with E-state index in [1.54, 1.807) is 0 Å². The van der Waals surface area contributed by atoms with Gasteiger partial charge in [-0.25, -0.2) is 0 Å². The Kier molecular flexibility index (Phi) is 6.06. The molecule has 0 aromatic heterocycles. The van der Waals surface area contributed by atoms with Gasteiger partial charge in [0, 0.05) is 11.8 Å². The second-order valence-corrected chi connectivity index (χ2v) is 2.68. The Balaban J connectivity index is 2.96. The number of hydrogen-bond acceptors (Lipinski definition) is 1. The van der Waals surface area contributed by atoms with E-state index < -0.39 is 0 Å². The molecule has 0 saturated heterocycles. The van der Waals surface area contributed by atoms with Crippen LogP contribution in [-0.4, -0.2) is 12.2 Å². The van der Waals surface area contributed by atoms with Crippen LogP contribution in [0.5, 0.6) is 0 Å². The molecule has 0 aromatic carbocycles. The second-order valence-electron chi connectivity index (χ2n) is 2.30. The smallest absolute Gasteiger partial charge is 0.122 e. The predicted octanol–water partition coefficient (Wildman–Crippen LogP) is 2.23. The van der Waals surface area contributed by atoms with E-state index in [9.17, 15) is 4.79 Å². The van der Waals surface area contributed by atoms with Crippen molar-refractivity contribution >= 4 is 17.9 Å². The van der Waals surface area contributed by atoms with Gasteiger partial charge < -0.3 is 4.79 Å². The lowest BCUT2D eigenvalue weighted by Gasteiger charge is -1.99. The fraction of sp³-hybridized carbons (Fsp3) is 0.857. The number of unbranched alkanes of at least 4 members (excludes halogenated alkanes) is 1. The Morgan fingerprint density at radius 3 is 2.67 bits per heavy atom. The Morgan fingerprint density at radius 2 is 2.22 bits per heavy atom. The standard InChI is InChI=1S/C7H13ClO/c1-7(6-9)4-2-3-5-8/h6-7H,2-5H2,1H3. The van der Waals surface area contributed by atoms with Gasteiger partial charge in [-0.05, 0) is 12.8 Å². The first-order valence-corrected chi connectivity index (χ1v) is 3.86. The van der Waals surface area contributed by atoms with Gasteiger partial charge in [-0.2, -0.15) is 0 Å². The summed E-state index contributed by atoms with van der Waals surface area (Å²) in [6.07, 6.45) is 4.08. The molecule has 2 heteroatoms. The normalized spacial score (nSPS) is 13.1. The summed E-state index contributed by atoms with van der Waals surface area (Å²) in [7, 11) is 0. The van der Waals surface area contributed by atoms with Crippen LogP contribution < -0.4 is 0 Å². The van der Waals surface area contributed by atoms with Gasteiger partial charge in [0.2, 0.25) is 0 Å². The van der Waals surface area contributed by atoms with Gasteiger partial charge in [-0.15, -0.1) is 11.6 Å². The predicted molar refractivity (Wildman–Crippen MR) is 39.8 cm³/mol. The molecule has 0 fully saturated rings. The lowest BCUT2D eigenvalue weighted by Crippen LogP contribution is -1.94. The zero-order valence-corrected chi connectivity index (χ0v) is 6.53. The summed E-state index contributed by atoms with van der Waals surface area (Å²) in [6.45, 7) is 1.93. The molecule has 0 spiro atoms. The number of carbonyl (C=O) groups is 1. The topological polar surface area (TPSA) is 17.1 Å². The third-order valence-corrected chi connectivity index (χ3v) is 1.54. The first-order valence-electron chi connectivity index (χ1n) is 3.32. The van der Waals surface area contributed by atoms with Crippen molar-refractivity contribution in [3.05, 3.63) is 0 Å². The van der Waals surface area contributed by atoms with Crippen LogP contribution >= 0.6 is 11.6 Å². The minimum atomic E-state index is 0.216. The summed E-state index contributed by atoms with van der Waals surface area (Å²) in [5.41, 5.74) is 0. The highest BCUT2D eigenvalue weighted by Gasteiger charge is 1.96. The molecule has 1 nitrogen and oxygen atoms in total. The summed E-state index contributed by atoms with van der Waals surface area (Å²) < 4.78 is 0. The fourth-order valence-electron chi connectivity index (χ4n) is 0.629. The Bertz CT molecular complexity index is 73.3. The summed E-state index contributed by atoms with van der Waals surface area (Å²) in [5, 5.41) is 0. The molecular formula is C7H13ClO. The minimum absolute atomic E-state index is 0.216. The van der Waals surface area contributed by atoms with Gasteiger partial charge in [-0.1, -0.05) is 13.3 Å². The maximum atomic E-state index is 10.1. The lowest BCUT2D eigenvalue weighted by molar-refractivity contribution is -0.110.